The van der Waals surface area contributed by atoms with E-state index in [-0.39, 0.29) is 23.2 Å². The van der Waals surface area contributed by atoms with E-state index in [0.717, 1.165) is 48.0 Å². The van der Waals surface area contributed by atoms with Gasteiger partial charge in [0, 0.05) is 42.6 Å². The van der Waals surface area contributed by atoms with Crippen LogP contribution in [0.5, 0.6) is 0 Å². The van der Waals surface area contributed by atoms with Crippen molar-refractivity contribution in [2.24, 2.45) is 5.92 Å². The zero-order chi connectivity index (χ0) is 26.9. The van der Waals surface area contributed by atoms with Crippen LogP contribution in [-0.2, 0) is 6.54 Å². The van der Waals surface area contributed by atoms with Gasteiger partial charge in [-0.2, -0.15) is 0 Å². The first-order chi connectivity index (χ1) is 17.6. The molecule has 0 N–H and O–H groups in total. The number of fused-ring (bicyclic) bond motifs is 1. The molecule has 3 aromatic rings. The summed E-state index contributed by atoms with van der Waals surface area (Å²) in [7, 11) is 3.86. The lowest BCUT2D eigenvalue weighted by Gasteiger charge is -2.30. The monoisotopic (exact) mass is 501 g/mol. The van der Waals surface area contributed by atoms with Crippen LogP contribution < -0.4 is 10.5 Å². The topological polar surface area (TPSA) is 62.6 Å². The minimum Gasteiger partial charge on any atom is -0.311 e. The van der Waals surface area contributed by atoms with Crippen LogP contribution in [0.4, 0.5) is 5.69 Å². The molecule has 1 aliphatic rings. The second-order valence-electron chi connectivity index (χ2n) is 10.9. The summed E-state index contributed by atoms with van der Waals surface area (Å²) in [4.78, 5) is 43.7. The number of ketones is 1. The lowest BCUT2D eigenvalue weighted by molar-refractivity contribution is 0.0968. The highest BCUT2D eigenvalue weighted by Crippen LogP contribution is 2.33. The largest absolute Gasteiger partial charge is 0.311 e. The van der Waals surface area contributed by atoms with Gasteiger partial charge in [0.05, 0.1) is 11.2 Å². The van der Waals surface area contributed by atoms with Crippen molar-refractivity contribution in [3.05, 3.63) is 75.1 Å². The fraction of sp³-hybridized carbons (Fsp3) is 0.452. The Bertz CT molecular complexity index is 1380. The van der Waals surface area contributed by atoms with E-state index in [0.29, 0.717) is 35.7 Å². The second kappa shape index (κ2) is 11.0. The predicted molar refractivity (Wildman–Crippen MR) is 151 cm³/mol. The van der Waals surface area contributed by atoms with Crippen LogP contribution in [0.1, 0.15) is 77.8 Å². The molecule has 1 amide bonds. The highest BCUT2D eigenvalue weighted by Gasteiger charge is 2.24. The number of Topliss-reactive ketones (excluding diaryl/α,β-unsaturated/α-hetero) is 1. The van der Waals surface area contributed by atoms with Gasteiger partial charge in [-0.1, -0.05) is 25.5 Å². The van der Waals surface area contributed by atoms with Crippen molar-refractivity contribution in [1.29, 1.82) is 0 Å². The van der Waals surface area contributed by atoms with Gasteiger partial charge in [-0.05, 0) is 94.6 Å². The molecule has 6 heteroatoms. The SMILES string of the molecule is CCn1c(=O)cc(C2CCN(C)CC2)c2cc(C(=O)N(C)c3ccc(C)cc3C(=O)CC(C)C)ccc21. The smallest absolute Gasteiger partial charge is 0.258 e. The zero-order valence-corrected chi connectivity index (χ0v) is 23.0. The van der Waals surface area contributed by atoms with Crippen molar-refractivity contribution in [1.82, 2.24) is 9.47 Å². The van der Waals surface area contributed by atoms with Gasteiger partial charge in [0.25, 0.3) is 11.5 Å². The Morgan fingerprint density at radius 1 is 1.05 bits per heavy atom. The number of aryl methyl sites for hydroxylation is 2. The lowest BCUT2D eigenvalue weighted by atomic mass is 9.87. The van der Waals surface area contributed by atoms with Crippen molar-refractivity contribution in [3.8, 4) is 0 Å². The van der Waals surface area contributed by atoms with E-state index in [4.69, 9.17) is 0 Å². The van der Waals surface area contributed by atoms with E-state index in [1.165, 1.54) is 0 Å². The van der Waals surface area contributed by atoms with Crippen LogP contribution in [-0.4, -0.2) is 48.3 Å². The molecule has 0 saturated carbocycles. The Balaban J connectivity index is 1.77. The third-order valence-corrected chi connectivity index (χ3v) is 7.58. The van der Waals surface area contributed by atoms with Crippen molar-refractivity contribution < 1.29 is 9.59 Å². The summed E-state index contributed by atoms with van der Waals surface area (Å²) in [5.74, 6) is 0.395. The summed E-state index contributed by atoms with van der Waals surface area (Å²) in [5, 5.41) is 0.968. The average Bonchev–Trinajstić information content (AvgIpc) is 2.87. The first kappa shape index (κ1) is 26.8. The maximum atomic E-state index is 13.8. The third kappa shape index (κ3) is 5.54. The van der Waals surface area contributed by atoms with Crippen LogP contribution in [0, 0.1) is 12.8 Å². The van der Waals surface area contributed by atoms with Gasteiger partial charge in [-0.3, -0.25) is 14.4 Å². The zero-order valence-electron chi connectivity index (χ0n) is 23.0. The van der Waals surface area contributed by atoms with Crippen LogP contribution in [0.2, 0.25) is 0 Å². The van der Waals surface area contributed by atoms with Crippen molar-refractivity contribution in [2.45, 2.75) is 59.4 Å². The summed E-state index contributed by atoms with van der Waals surface area (Å²) in [5.41, 5.74) is 4.65. The number of amides is 1. The maximum Gasteiger partial charge on any atom is 0.258 e. The van der Waals surface area contributed by atoms with E-state index in [1.54, 1.807) is 28.6 Å². The number of likely N-dealkylation sites (tertiary alicyclic amines) is 1. The Morgan fingerprint density at radius 3 is 2.41 bits per heavy atom. The minimum absolute atomic E-state index is 0.00749. The van der Waals surface area contributed by atoms with E-state index in [2.05, 4.69) is 11.9 Å². The van der Waals surface area contributed by atoms with Crippen molar-refractivity contribution >= 4 is 28.3 Å². The number of anilines is 1. The Morgan fingerprint density at radius 2 is 1.76 bits per heavy atom. The molecular formula is C31H39N3O3. The number of rotatable bonds is 7. The van der Waals surface area contributed by atoms with Gasteiger partial charge < -0.3 is 14.4 Å². The molecule has 1 fully saturated rings. The van der Waals surface area contributed by atoms with Crippen molar-refractivity contribution in [2.75, 3.05) is 32.1 Å². The number of nitrogens with zero attached hydrogens (tertiary/aromatic N) is 3. The number of benzene rings is 2. The molecule has 0 aliphatic carbocycles. The summed E-state index contributed by atoms with van der Waals surface area (Å²) < 4.78 is 1.77. The number of pyridine rings is 1. The number of carbonyl (C=O) groups excluding carboxylic acids is 2. The molecule has 37 heavy (non-hydrogen) atoms. The van der Waals surface area contributed by atoms with E-state index in [1.807, 2.05) is 58.0 Å². The highest BCUT2D eigenvalue weighted by molar-refractivity contribution is 6.11. The Labute approximate surface area is 219 Å². The molecule has 1 aromatic heterocycles. The summed E-state index contributed by atoms with van der Waals surface area (Å²) in [6.45, 7) is 10.5. The first-order valence-electron chi connectivity index (χ1n) is 13.4. The molecular weight excluding hydrogens is 462 g/mol. The standard InChI is InChI=1S/C31H39N3O3/c1-7-34-28-11-9-23(18-25(28)24(19-30(34)36)22-12-14-32(5)15-13-22)31(37)33(6)27-10-8-21(4)17-26(27)29(35)16-20(2)3/h8-11,17-20,22H,7,12-16H2,1-6H3. The average molecular weight is 502 g/mol. The Kier molecular flexibility index (Phi) is 7.98. The molecule has 0 spiro atoms. The number of hydrogen-bond donors (Lipinski definition) is 0. The molecule has 0 bridgehead atoms. The molecule has 1 saturated heterocycles. The molecule has 6 nitrogen and oxygen atoms in total. The van der Waals surface area contributed by atoms with Gasteiger partial charge in [0.2, 0.25) is 0 Å². The summed E-state index contributed by atoms with van der Waals surface area (Å²) >= 11 is 0. The van der Waals surface area contributed by atoms with Crippen LogP contribution in [0.15, 0.2) is 47.3 Å². The molecule has 4 rings (SSSR count). The normalized spacial score (nSPS) is 14.9. The fourth-order valence-corrected chi connectivity index (χ4v) is 5.48. The minimum atomic E-state index is -0.173. The number of piperidine rings is 1. The van der Waals surface area contributed by atoms with Gasteiger partial charge in [0.15, 0.2) is 5.78 Å². The quantitative estimate of drug-likeness (QED) is 0.393. The fourth-order valence-electron chi connectivity index (χ4n) is 5.48. The van der Waals surface area contributed by atoms with E-state index < -0.39 is 0 Å². The van der Waals surface area contributed by atoms with Crippen molar-refractivity contribution in [3.63, 3.8) is 0 Å². The molecule has 196 valence electrons. The van der Waals surface area contributed by atoms with E-state index >= 15 is 0 Å². The van der Waals surface area contributed by atoms with Crippen LogP contribution in [0.25, 0.3) is 10.9 Å². The summed E-state index contributed by atoms with van der Waals surface area (Å²) in [6, 6.07) is 13.1. The summed E-state index contributed by atoms with van der Waals surface area (Å²) in [6.07, 6.45) is 2.41. The number of aromatic nitrogens is 1. The van der Waals surface area contributed by atoms with E-state index in [9.17, 15) is 14.4 Å². The second-order valence-corrected chi connectivity index (χ2v) is 10.9. The first-order valence-corrected chi connectivity index (χ1v) is 13.4. The highest BCUT2D eigenvalue weighted by atomic mass is 16.2. The maximum absolute atomic E-state index is 13.8. The number of carbonyl (C=O) groups is 2. The van der Waals surface area contributed by atoms with Gasteiger partial charge in [-0.15, -0.1) is 0 Å². The molecule has 0 radical (unpaired) electrons. The molecule has 0 atom stereocenters. The van der Waals surface area contributed by atoms with Crippen LogP contribution >= 0.6 is 0 Å². The van der Waals surface area contributed by atoms with Gasteiger partial charge >= 0.3 is 0 Å². The number of hydrogen-bond acceptors (Lipinski definition) is 4. The molecule has 1 aliphatic heterocycles. The lowest BCUT2D eigenvalue weighted by Crippen LogP contribution is -2.30. The Hall–Kier alpha value is -3.25. The van der Waals surface area contributed by atoms with Crippen LogP contribution in [0.3, 0.4) is 0 Å². The molecule has 2 aromatic carbocycles. The molecule has 2 heterocycles. The predicted octanol–water partition coefficient (Wildman–Crippen LogP) is 5.64. The van der Waals surface area contributed by atoms with Gasteiger partial charge in [0.1, 0.15) is 0 Å². The third-order valence-electron chi connectivity index (χ3n) is 7.58. The molecule has 0 unspecified atom stereocenters. The van der Waals surface area contributed by atoms with Gasteiger partial charge in [-0.25, -0.2) is 0 Å².